The monoisotopic (exact) mass is 642 g/mol. The van der Waals surface area contributed by atoms with E-state index in [1.807, 2.05) is 36.4 Å². The van der Waals surface area contributed by atoms with Crippen LogP contribution in [0.1, 0.15) is 92.8 Å². The van der Waals surface area contributed by atoms with E-state index in [-0.39, 0.29) is 30.2 Å². The minimum Gasteiger partial charge on any atom is -0.396 e. The van der Waals surface area contributed by atoms with E-state index in [1.54, 1.807) is 7.05 Å². The minimum atomic E-state index is -0.303. The SMILES string of the molecule is CN1C(=O)c2ccc3c4c(N5CCCC5)cc5c6c(ccc(c7c(N8CCCC8)cc(c2c37)C1=O)c64)C(=O)N(CCCCCCO)C5=O. The molecule has 4 aliphatic rings. The van der Waals surface area contributed by atoms with Crippen molar-refractivity contribution in [1.29, 1.82) is 0 Å². The molecule has 244 valence electrons. The number of imide groups is 2. The van der Waals surface area contributed by atoms with Gasteiger partial charge in [0.05, 0.1) is 11.1 Å². The quantitative estimate of drug-likeness (QED) is 0.0916. The van der Waals surface area contributed by atoms with Crippen LogP contribution in [0.2, 0.25) is 0 Å². The molecule has 0 aliphatic carbocycles. The number of benzene rings is 5. The maximum Gasteiger partial charge on any atom is 0.261 e. The number of rotatable bonds is 8. The van der Waals surface area contributed by atoms with Gasteiger partial charge in [0.25, 0.3) is 23.6 Å². The van der Waals surface area contributed by atoms with Crippen LogP contribution in [-0.2, 0) is 0 Å². The Hall–Kier alpha value is -4.76. The molecule has 4 amide bonds. The molecule has 48 heavy (non-hydrogen) atoms. The molecule has 9 nitrogen and oxygen atoms in total. The van der Waals surface area contributed by atoms with Crippen molar-refractivity contribution in [2.75, 3.05) is 56.2 Å². The molecule has 5 aromatic rings. The number of hydrogen-bond acceptors (Lipinski definition) is 7. The highest BCUT2D eigenvalue weighted by Crippen LogP contribution is 2.52. The number of hydrogen-bond donors (Lipinski definition) is 1. The Bertz CT molecular complexity index is 2230. The van der Waals surface area contributed by atoms with Gasteiger partial charge in [0, 0.05) is 101 Å². The van der Waals surface area contributed by atoms with E-state index in [9.17, 15) is 24.3 Å². The van der Waals surface area contributed by atoms with Crippen molar-refractivity contribution < 1.29 is 24.3 Å². The highest BCUT2D eigenvalue weighted by atomic mass is 16.3. The first-order valence-electron chi connectivity index (χ1n) is 17.5. The van der Waals surface area contributed by atoms with Gasteiger partial charge in [-0.1, -0.05) is 25.0 Å². The number of unbranched alkanes of at least 4 members (excludes halogenated alkanes) is 3. The largest absolute Gasteiger partial charge is 0.396 e. The number of amides is 4. The number of nitrogens with zero attached hydrogens (tertiary/aromatic N) is 4. The summed E-state index contributed by atoms with van der Waals surface area (Å²) in [5.41, 5.74) is 4.11. The van der Waals surface area contributed by atoms with Crippen molar-refractivity contribution in [2.45, 2.75) is 51.4 Å². The van der Waals surface area contributed by atoms with Crippen molar-refractivity contribution in [3.63, 3.8) is 0 Å². The minimum absolute atomic E-state index is 0.142. The Balaban J connectivity index is 1.40. The van der Waals surface area contributed by atoms with Crippen LogP contribution >= 0.6 is 0 Å². The van der Waals surface area contributed by atoms with E-state index in [1.165, 1.54) is 9.80 Å². The molecule has 0 spiro atoms. The summed E-state index contributed by atoms with van der Waals surface area (Å²) < 4.78 is 0. The summed E-state index contributed by atoms with van der Waals surface area (Å²) in [4.78, 5) is 63.1. The lowest BCUT2D eigenvalue weighted by molar-refractivity contribution is 0.0602. The lowest BCUT2D eigenvalue weighted by Gasteiger charge is -2.33. The number of carbonyl (C=O) groups is 4. The number of carbonyl (C=O) groups excluding carboxylic acids is 4. The average molecular weight is 643 g/mol. The Morgan fingerprint density at radius 3 is 1.54 bits per heavy atom. The molecule has 2 saturated heterocycles. The lowest BCUT2D eigenvalue weighted by Crippen LogP contribution is -2.41. The van der Waals surface area contributed by atoms with E-state index in [0.717, 1.165) is 108 Å². The molecule has 4 heterocycles. The first-order chi connectivity index (χ1) is 23.4. The maximum atomic E-state index is 14.3. The van der Waals surface area contributed by atoms with Crippen molar-refractivity contribution in [2.24, 2.45) is 0 Å². The molecule has 0 unspecified atom stereocenters. The third-order valence-corrected chi connectivity index (χ3v) is 11.3. The van der Waals surface area contributed by atoms with Gasteiger partial charge in [-0.15, -0.1) is 0 Å². The van der Waals surface area contributed by atoms with Gasteiger partial charge in [0.2, 0.25) is 0 Å². The lowest BCUT2D eigenvalue weighted by atomic mass is 9.80. The van der Waals surface area contributed by atoms with Crippen LogP contribution in [0.5, 0.6) is 0 Å². The van der Waals surface area contributed by atoms with Gasteiger partial charge in [-0.2, -0.15) is 0 Å². The molecule has 9 heteroatoms. The zero-order chi connectivity index (χ0) is 32.8. The van der Waals surface area contributed by atoms with Crippen LogP contribution in [0.25, 0.3) is 43.1 Å². The zero-order valence-corrected chi connectivity index (χ0v) is 27.2. The predicted octanol–water partition coefficient (Wildman–Crippen LogP) is 6.31. The average Bonchev–Trinajstić information content (AvgIpc) is 3.84. The Morgan fingerprint density at radius 1 is 0.542 bits per heavy atom. The molecule has 5 aromatic carbocycles. The van der Waals surface area contributed by atoms with Crippen LogP contribution < -0.4 is 9.80 Å². The van der Waals surface area contributed by atoms with Gasteiger partial charge in [-0.3, -0.25) is 29.0 Å². The Labute approximate surface area is 278 Å². The summed E-state index contributed by atoms with van der Waals surface area (Å²) in [6.07, 6.45) is 7.30. The fourth-order valence-electron chi connectivity index (χ4n) is 8.95. The van der Waals surface area contributed by atoms with Gasteiger partial charge < -0.3 is 14.9 Å². The van der Waals surface area contributed by atoms with E-state index in [4.69, 9.17) is 0 Å². The fraction of sp³-hybridized carbons (Fsp3) is 0.385. The third kappa shape index (κ3) is 3.94. The van der Waals surface area contributed by atoms with Crippen molar-refractivity contribution in [3.8, 4) is 0 Å². The Morgan fingerprint density at radius 2 is 1.00 bits per heavy atom. The van der Waals surface area contributed by atoms with E-state index < -0.39 is 0 Å². The van der Waals surface area contributed by atoms with Crippen LogP contribution in [0, 0.1) is 0 Å². The molecule has 0 atom stereocenters. The molecular weight excluding hydrogens is 604 g/mol. The van der Waals surface area contributed by atoms with Crippen molar-refractivity contribution in [1.82, 2.24) is 9.80 Å². The topological polar surface area (TPSA) is 101 Å². The number of fused-ring (bicyclic) bond motifs is 2. The summed E-state index contributed by atoms with van der Waals surface area (Å²) in [5.74, 6) is -1.12. The smallest absolute Gasteiger partial charge is 0.261 e. The summed E-state index contributed by atoms with van der Waals surface area (Å²) >= 11 is 0. The molecule has 1 N–H and O–H groups in total. The molecule has 0 bridgehead atoms. The van der Waals surface area contributed by atoms with Gasteiger partial charge in [-0.05, 0) is 73.6 Å². The van der Waals surface area contributed by atoms with Crippen molar-refractivity contribution in [3.05, 3.63) is 58.7 Å². The van der Waals surface area contributed by atoms with Crippen molar-refractivity contribution >= 4 is 78.1 Å². The highest BCUT2D eigenvalue weighted by Gasteiger charge is 2.38. The summed E-state index contributed by atoms with van der Waals surface area (Å²) in [6, 6.07) is 11.8. The van der Waals surface area contributed by atoms with Crippen LogP contribution in [-0.4, -0.2) is 84.9 Å². The second-order valence-electron chi connectivity index (χ2n) is 13.9. The fourth-order valence-corrected chi connectivity index (χ4v) is 8.95. The first-order valence-corrected chi connectivity index (χ1v) is 17.5. The maximum absolute atomic E-state index is 14.3. The van der Waals surface area contributed by atoms with Gasteiger partial charge in [0.1, 0.15) is 0 Å². The molecule has 9 rings (SSSR count). The normalized spacial score (nSPS) is 18.0. The molecule has 4 aliphatic heterocycles. The summed E-state index contributed by atoms with van der Waals surface area (Å²) in [7, 11) is 1.55. The third-order valence-electron chi connectivity index (χ3n) is 11.3. The zero-order valence-electron chi connectivity index (χ0n) is 27.2. The number of aliphatic hydroxyl groups is 1. The van der Waals surface area contributed by atoms with Gasteiger partial charge in [-0.25, -0.2) is 0 Å². The van der Waals surface area contributed by atoms with Crippen LogP contribution in [0.4, 0.5) is 11.4 Å². The van der Waals surface area contributed by atoms with Crippen LogP contribution in [0.15, 0.2) is 36.4 Å². The second-order valence-corrected chi connectivity index (χ2v) is 13.9. The number of aliphatic hydroxyl groups excluding tert-OH is 1. The van der Waals surface area contributed by atoms with Gasteiger partial charge in [0.15, 0.2) is 0 Å². The Kier molecular flexibility index (Phi) is 6.66. The van der Waals surface area contributed by atoms with Gasteiger partial charge >= 0.3 is 0 Å². The molecule has 0 saturated carbocycles. The van der Waals surface area contributed by atoms with E-state index in [0.29, 0.717) is 52.4 Å². The van der Waals surface area contributed by atoms with E-state index in [2.05, 4.69) is 9.80 Å². The predicted molar refractivity (Wildman–Crippen MR) is 188 cm³/mol. The molecule has 0 radical (unpaired) electrons. The number of anilines is 2. The van der Waals surface area contributed by atoms with Crippen LogP contribution in [0.3, 0.4) is 0 Å². The van der Waals surface area contributed by atoms with E-state index >= 15 is 0 Å². The molecule has 2 fully saturated rings. The summed E-state index contributed by atoms with van der Waals surface area (Å²) in [5, 5.41) is 16.3. The highest BCUT2D eigenvalue weighted by molar-refractivity contribution is 6.44. The molecule has 0 aromatic heterocycles. The standard InChI is InChI=1S/C39H38N4O5/c1-40-36(45)24-12-10-22-33-29(42-16-7-8-17-42)21-27-31-25(38(47)43(39(27)48)18-4-2-3-9-19-44)13-11-23(35(31)33)32-28(41-14-5-6-15-41)20-26(37(40)46)30(24)34(22)32/h10-13,20-21,44H,2-9,14-19H2,1H3. The summed E-state index contributed by atoms with van der Waals surface area (Å²) in [6.45, 7) is 3.95. The first kappa shape index (κ1) is 29.4. The second kappa shape index (κ2) is 10.9. The molecular formula is C39H38N4O5.